The monoisotopic (exact) mass is 413 g/mol. The Balaban J connectivity index is 1.30. The highest BCUT2D eigenvalue weighted by molar-refractivity contribution is 8.00. The van der Waals surface area contributed by atoms with Gasteiger partial charge < -0.3 is 19.5 Å². The molecule has 7 heteroatoms. The topological polar surface area (TPSA) is 65.8 Å². The molecule has 2 saturated heterocycles. The maximum Gasteiger partial charge on any atom is 0.251 e. The lowest BCUT2D eigenvalue weighted by Gasteiger charge is -2.23. The molecule has 29 heavy (non-hydrogen) atoms. The van der Waals surface area contributed by atoms with E-state index in [0.29, 0.717) is 24.4 Å². The number of carbonyl (C=O) groups is 2. The van der Waals surface area contributed by atoms with Crippen molar-refractivity contribution in [3.8, 4) is 0 Å². The second-order valence-corrected chi connectivity index (χ2v) is 8.61. The van der Waals surface area contributed by atoms with Crippen molar-refractivity contribution in [3.63, 3.8) is 0 Å². The fourth-order valence-electron chi connectivity index (χ4n) is 3.88. The van der Waals surface area contributed by atoms with E-state index in [9.17, 15) is 9.59 Å². The van der Waals surface area contributed by atoms with Gasteiger partial charge >= 0.3 is 0 Å². The smallest absolute Gasteiger partial charge is 0.251 e. The number of amides is 2. The molecule has 4 rings (SSSR count). The van der Waals surface area contributed by atoms with Gasteiger partial charge in [0.15, 0.2) is 0 Å². The van der Waals surface area contributed by atoms with Crippen LogP contribution in [0.25, 0.3) is 0 Å². The molecule has 2 amide bonds. The highest BCUT2D eigenvalue weighted by atomic mass is 32.2. The Morgan fingerprint density at radius 3 is 2.69 bits per heavy atom. The zero-order valence-electron chi connectivity index (χ0n) is 16.5. The molecule has 6 nitrogen and oxygen atoms in total. The Morgan fingerprint density at radius 2 is 1.97 bits per heavy atom. The van der Waals surface area contributed by atoms with E-state index < -0.39 is 0 Å². The first-order chi connectivity index (χ1) is 14.2. The zero-order valence-corrected chi connectivity index (χ0v) is 17.3. The van der Waals surface area contributed by atoms with Gasteiger partial charge in [-0.15, -0.1) is 11.8 Å². The van der Waals surface area contributed by atoms with Crippen LogP contribution in [0.2, 0.25) is 0 Å². The summed E-state index contributed by atoms with van der Waals surface area (Å²) >= 11 is 1.61. The zero-order chi connectivity index (χ0) is 20.1. The largest absolute Gasteiger partial charge is 0.467 e. The van der Waals surface area contributed by atoms with E-state index in [0.717, 1.165) is 24.3 Å². The Morgan fingerprint density at radius 1 is 1.17 bits per heavy atom. The van der Waals surface area contributed by atoms with Crippen LogP contribution in [-0.4, -0.2) is 53.5 Å². The highest BCUT2D eigenvalue weighted by Crippen LogP contribution is 2.39. The number of carbonyl (C=O) groups excluding carboxylic acids is 2. The van der Waals surface area contributed by atoms with E-state index in [1.807, 2.05) is 41.3 Å². The van der Waals surface area contributed by atoms with E-state index in [4.69, 9.17) is 4.42 Å². The van der Waals surface area contributed by atoms with Crippen molar-refractivity contribution in [2.75, 3.05) is 31.9 Å². The van der Waals surface area contributed by atoms with Gasteiger partial charge in [0.05, 0.1) is 18.6 Å². The molecule has 1 aromatic carbocycles. The molecular formula is C22H27N3O3S. The highest BCUT2D eigenvalue weighted by Gasteiger charge is 2.33. The predicted molar refractivity (Wildman–Crippen MR) is 114 cm³/mol. The predicted octanol–water partition coefficient (Wildman–Crippen LogP) is 3.27. The average molecular weight is 414 g/mol. The van der Waals surface area contributed by atoms with Crippen LogP contribution in [0.4, 0.5) is 0 Å². The number of nitrogens with zero attached hydrogens (tertiary/aromatic N) is 2. The summed E-state index contributed by atoms with van der Waals surface area (Å²) in [6, 6.07) is 11.3. The number of benzene rings is 1. The summed E-state index contributed by atoms with van der Waals surface area (Å²) in [5.41, 5.74) is 1.68. The summed E-state index contributed by atoms with van der Waals surface area (Å²) < 4.78 is 5.40. The lowest BCUT2D eigenvalue weighted by molar-refractivity contribution is -0.128. The van der Waals surface area contributed by atoms with Gasteiger partial charge in [0.25, 0.3) is 5.91 Å². The molecule has 0 spiro atoms. The molecule has 0 saturated carbocycles. The number of likely N-dealkylation sites (tertiary alicyclic amines) is 1. The van der Waals surface area contributed by atoms with Crippen LogP contribution in [0.1, 0.15) is 46.3 Å². The van der Waals surface area contributed by atoms with E-state index in [1.54, 1.807) is 18.0 Å². The minimum Gasteiger partial charge on any atom is -0.467 e. The fraction of sp³-hybridized carbons (Fsp3) is 0.455. The first-order valence-electron chi connectivity index (χ1n) is 10.2. The Kier molecular flexibility index (Phi) is 6.56. The van der Waals surface area contributed by atoms with Crippen molar-refractivity contribution in [1.82, 2.24) is 15.1 Å². The number of hydrogen-bond acceptors (Lipinski definition) is 5. The molecule has 154 valence electrons. The Labute approximate surface area is 175 Å². The molecule has 2 aromatic rings. The molecular weight excluding hydrogens is 386 g/mol. The summed E-state index contributed by atoms with van der Waals surface area (Å²) in [4.78, 5) is 29.0. The van der Waals surface area contributed by atoms with Gasteiger partial charge in [-0.05, 0) is 68.7 Å². The lowest BCUT2D eigenvalue weighted by Crippen LogP contribution is -2.29. The van der Waals surface area contributed by atoms with Gasteiger partial charge in [0.1, 0.15) is 11.1 Å². The Bertz CT molecular complexity index is 816. The second kappa shape index (κ2) is 9.50. The summed E-state index contributed by atoms with van der Waals surface area (Å²) in [6.45, 7) is 4.59. The van der Waals surface area contributed by atoms with Gasteiger partial charge in [-0.2, -0.15) is 0 Å². The minimum absolute atomic E-state index is 0.0411. The number of thioether (sulfide) groups is 1. The van der Waals surface area contributed by atoms with Gasteiger partial charge in [-0.3, -0.25) is 9.59 Å². The Hall–Kier alpha value is -2.25. The molecule has 2 aliphatic rings. The number of hydrogen-bond donors (Lipinski definition) is 1. The van der Waals surface area contributed by atoms with Crippen molar-refractivity contribution < 1.29 is 14.0 Å². The SMILES string of the molecule is O=C(NCCCN1CCCC1)c1ccc([C@H]2SCC(=O)N2Cc2ccco2)cc1. The molecule has 0 radical (unpaired) electrons. The van der Waals surface area contributed by atoms with Crippen LogP contribution in [0.5, 0.6) is 0 Å². The lowest BCUT2D eigenvalue weighted by atomic mass is 10.1. The quantitative estimate of drug-likeness (QED) is 0.673. The molecule has 2 aliphatic heterocycles. The van der Waals surface area contributed by atoms with Crippen molar-refractivity contribution in [2.24, 2.45) is 0 Å². The normalized spacial score (nSPS) is 19.8. The standard InChI is InChI=1S/C22H27N3O3S/c26-20-16-29-22(25(20)15-19-5-3-14-28-19)18-8-6-17(7-9-18)21(27)23-10-4-13-24-11-1-2-12-24/h3,5-9,14,22H,1-2,4,10-13,15-16H2,(H,23,27)/t22-/m1/s1. The molecule has 0 aliphatic carbocycles. The molecule has 3 heterocycles. The van der Waals surface area contributed by atoms with E-state index in [-0.39, 0.29) is 17.2 Å². The van der Waals surface area contributed by atoms with Crippen molar-refractivity contribution in [3.05, 3.63) is 59.5 Å². The maximum atomic E-state index is 12.4. The van der Waals surface area contributed by atoms with Crippen molar-refractivity contribution in [1.29, 1.82) is 0 Å². The second-order valence-electron chi connectivity index (χ2n) is 7.54. The van der Waals surface area contributed by atoms with Crippen LogP contribution < -0.4 is 5.32 Å². The molecule has 0 unspecified atom stereocenters. The number of furan rings is 1. The summed E-state index contributed by atoms with van der Waals surface area (Å²) in [5, 5.41) is 2.96. The first-order valence-corrected chi connectivity index (χ1v) is 11.3. The number of nitrogens with one attached hydrogen (secondary N) is 1. The van der Waals surface area contributed by atoms with Crippen LogP contribution in [-0.2, 0) is 11.3 Å². The van der Waals surface area contributed by atoms with Gasteiger partial charge in [-0.25, -0.2) is 0 Å². The van der Waals surface area contributed by atoms with Gasteiger partial charge in [0, 0.05) is 12.1 Å². The molecule has 1 aromatic heterocycles. The summed E-state index contributed by atoms with van der Waals surface area (Å²) in [5.74, 6) is 1.30. The van der Waals surface area contributed by atoms with Crippen LogP contribution in [0, 0.1) is 0 Å². The van der Waals surface area contributed by atoms with E-state index in [1.165, 1.54) is 25.9 Å². The third kappa shape index (κ3) is 5.03. The first kappa shape index (κ1) is 20.0. The maximum absolute atomic E-state index is 12.4. The summed E-state index contributed by atoms with van der Waals surface area (Å²) in [6.07, 6.45) is 5.19. The van der Waals surface area contributed by atoms with Crippen molar-refractivity contribution in [2.45, 2.75) is 31.2 Å². The molecule has 0 bridgehead atoms. The van der Waals surface area contributed by atoms with E-state index >= 15 is 0 Å². The third-order valence-electron chi connectivity index (χ3n) is 5.47. The number of rotatable bonds is 8. The van der Waals surface area contributed by atoms with E-state index in [2.05, 4.69) is 10.2 Å². The van der Waals surface area contributed by atoms with Gasteiger partial charge in [0.2, 0.25) is 5.91 Å². The minimum atomic E-state index is -0.0508. The third-order valence-corrected chi connectivity index (χ3v) is 6.72. The van der Waals surface area contributed by atoms with Gasteiger partial charge in [-0.1, -0.05) is 12.1 Å². The van der Waals surface area contributed by atoms with Crippen LogP contribution >= 0.6 is 11.8 Å². The van der Waals surface area contributed by atoms with Crippen molar-refractivity contribution >= 4 is 23.6 Å². The van der Waals surface area contributed by atoms with Crippen LogP contribution in [0.3, 0.4) is 0 Å². The van der Waals surface area contributed by atoms with Crippen LogP contribution in [0.15, 0.2) is 47.1 Å². The molecule has 2 fully saturated rings. The fourth-order valence-corrected chi connectivity index (χ4v) is 5.07. The molecule has 1 N–H and O–H groups in total. The molecule has 1 atom stereocenters. The summed E-state index contributed by atoms with van der Waals surface area (Å²) in [7, 11) is 0. The average Bonchev–Trinajstić information content (AvgIpc) is 3.50.